The Morgan fingerprint density at radius 3 is 2.29 bits per heavy atom. The van der Waals surface area contributed by atoms with Crippen LogP contribution >= 0.6 is 23.2 Å². The lowest BCUT2D eigenvalue weighted by molar-refractivity contribution is -0.137. The van der Waals surface area contributed by atoms with Gasteiger partial charge in [-0.05, 0) is 34.8 Å². The molecular formula is C11H4Cl2F3O. The maximum absolute atomic E-state index is 12.8. The van der Waals surface area contributed by atoms with Gasteiger partial charge in [0.1, 0.15) is 0 Å². The molecule has 0 aliphatic carbocycles. The molecule has 2 aromatic rings. The maximum Gasteiger partial charge on any atom is 0.417 e. The predicted octanol–water partition coefficient (Wildman–Crippen LogP) is 5.07. The Hall–Kier alpha value is -1.13. The number of benzene rings is 1. The predicted molar refractivity (Wildman–Crippen MR) is 58.0 cm³/mol. The van der Waals surface area contributed by atoms with Crippen molar-refractivity contribution in [2.45, 2.75) is 6.18 Å². The number of furan rings is 1. The quantitative estimate of drug-likeness (QED) is 0.710. The van der Waals surface area contributed by atoms with Crippen LogP contribution in [0.3, 0.4) is 0 Å². The Labute approximate surface area is 105 Å². The summed E-state index contributed by atoms with van der Waals surface area (Å²) in [6.07, 6.45) is -4.47. The lowest BCUT2D eigenvalue weighted by Crippen LogP contribution is -2.06. The fourth-order valence-electron chi connectivity index (χ4n) is 1.42. The molecule has 0 fully saturated rings. The average Bonchev–Trinajstić information content (AvgIpc) is 2.56. The van der Waals surface area contributed by atoms with Gasteiger partial charge in [0.25, 0.3) is 0 Å². The molecule has 0 unspecified atom stereocenters. The number of hydrogen-bond acceptors (Lipinski definition) is 1. The van der Waals surface area contributed by atoms with Crippen LogP contribution in [0.1, 0.15) is 5.56 Å². The summed E-state index contributed by atoms with van der Waals surface area (Å²) in [5.74, 6) is 0. The number of hydrogen-bond donors (Lipinski definition) is 0. The Kier molecular flexibility index (Phi) is 3.10. The topological polar surface area (TPSA) is 13.1 Å². The Morgan fingerprint density at radius 2 is 1.76 bits per heavy atom. The molecular weight excluding hydrogens is 276 g/mol. The van der Waals surface area contributed by atoms with Crippen molar-refractivity contribution >= 4 is 23.2 Å². The van der Waals surface area contributed by atoms with E-state index >= 15 is 0 Å². The third-order valence-electron chi connectivity index (χ3n) is 2.10. The standard InChI is InChI=1S/C11H4Cl2F3O/c12-9-5-7(10(13)17-9)6-3-1-2-4-8(6)11(14,15)16/h1-4H. The van der Waals surface area contributed by atoms with E-state index in [-0.39, 0.29) is 21.6 Å². The first kappa shape index (κ1) is 12.3. The summed E-state index contributed by atoms with van der Waals surface area (Å²) in [5, 5.41) is -0.395. The highest BCUT2D eigenvalue weighted by Crippen LogP contribution is 2.40. The highest BCUT2D eigenvalue weighted by atomic mass is 35.5. The molecule has 6 heteroatoms. The van der Waals surface area contributed by atoms with Crippen molar-refractivity contribution in [1.82, 2.24) is 0 Å². The van der Waals surface area contributed by atoms with Crippen molar-refractivity contribution in [3.63, 3.8) is 0 Å². The summed E-state index contributed by atoms with van der Waals surface area (Å²) in [7, 11) is 0. The SMILES string of the molecule is FC(F)(F)c1ccccc1-c1[c]c(Cl)oc1Cl. The van der Waals surface area contributed by atoms with Crippen LogP contribution in [0.15, 0.2) is 28.7 Å². The van der Waals surface area contributed by atoms with Crippen LogP contribution in [0.2, 0.25) is 10.4 Å². The van der Waals surface area contributed by atoms with E-state index in [1.165, 1.54) is 18.2 Å². The first-order chi connectivity index (χ1) is 7.89. The molecule has 0 atom stereocenters. The molecule has 0 saturated heterocycles. The van der Waals surface area contributed by atoms with Gasteiger partial charge >= 0.3 is 6.18 Å². The monoisotopic (exact) mass is 279 g/mol. The molecule has 0 amide bonds. The normalized spacial score (nSPS) is 11.8. The molecule has 17 heavy (non-hydrogen) atoms. The summed E-state index contributed by atoms with van der Waals surface area (Å²) in [4.78, 5) is 0. The minimum Gasteiger partial charge on any atom is -0.432 e. The van der Waals surface area contributed by atoms with Crippen LogP contribution in [0.25, 0.3) is 11.1 Å². The fourth-order valence-corrected chi connectivity index (χ4v) is 1.86. The van der Waals surface area contributed by atoms with Crippen molar-refractivity contribution < 1.29 is 17.6 Å². The van der Waals surface area contributed by atoms with E-state index in [1.807, 2.05) is 0 Å². The van der Waals surface area contributed by atoms with E-state index in [2.05, 4.69) is 6.07 Å². The molecule has 0 aliphatic heterocycles. The van der Waals surface area contributed by atoms with Crippen LogP contribution in [0, 0.1) is 6.07 Å². The minimum atomic E-state index is -4.47. The zero-order valence-corrected chi connectivity index (χ0v) is 9.62. The van der Waals surface area contributed by atoms with Gasteiger partial charge in [-0.2, -0.15) is 13.2 Å². The average molecular weight is 280 g/mol. The highest BCUT2D eigenvalue weighted by Gasteiger charge is 2.34. The second-order valence-corrected chi connectivity index (χ2v) is 3.88. The van der Waals surface area contributed by atoms with E-state index in [0.29, 0.717) is 0 Å². The van der Waals surface area contributed by atoms with Crippen molar-refractivity contribution in [2.75, 3.05) is 0 Å². The van der Waals surface area contributed by atoms with Gasteiger partial charge in [-0.1, -0.05) is 18.2 Å². The molecule has 0 spiro atoms. The Morgan fingerprint density at radius 1 is 1.12 bits per heavy atom. The van der Waals surface area contributed by atoms with Crippen LogP contribution in [0.5, 0.6) is 0 Å². The number of halogens is 5. The van der Waals surface area contributed by atoms with Crippen molar-refractivity contribution in [1.29, 1.82) is 0 Å². The summed E-state index contributed by atoms with van der Waals surface area (Å²) in [5.41, 5.74) is -0.916. The van der Waals surface area contributed by atoms with Gasteiger partial charge in [0.15, 0.2) is 0 Å². The van der Waals surface area contributed by atoms with E-state index in [4.69, 9.17) is 27.6 Å². The Bertz CT molecular complexity index is 546. The zero-order valence-electron chi connectivity index (χ0n) is 8.11. The van der Waals surface area contributed by atoms with Crippen LogP contribution < -0.4 is 0 Å². The molecule has 1 radical (unpaired) electrons. The highest BCUT2D eigenvalue weighted by molar-refractivity contribution is 6.34. The van der Waals surface area contributed by atoms with Gasteiger partial charge < -0.3 is 4.42 Å². The number of alkyl halides is 3. The second-order valence-electron chi connectivity index (χ2n) is 3.19. The summed E-state index contributed by atoms with van der Waals surface area (Å²) < 4.78 is 43.0. The lowest BCUT2D eigenvalue weighted by atomic mass is 10.0. The molecule has 0 bridgehead atoms. The van der Waals surface area contributed by atoms with Gasteiger partial charge in [0.05, 0.1) is 11.6 Å². The number of rotatable bonds is 1. The summed E-state index contributed by atoms with van der Waals surface area (Å²) in [6, 6.07) is 7.44. The molecule has 0 saturated carbocycles. The Balaban J connectivity index is 2.64. The van der Waals surface area contributed by atoms with E-state index < -0.39 is 11.7 Å². The fraction of sp³-hybridized carbons (Fsp3) is 0.0909. The zero-order chi connectivity index (χ0) is 12.6. The molecule has 0 N–H and O–H groups in total. The van der Waals surface area contributed by atoms with Gasteiger partial charge in [-0.15, -0.1) is 0 Å². The third kappa shape index (κ3) is 2.42. The summed E-state index contributed by atoms with van der Waals surface area (Å²) >= 11 is 11.1. The smallest absolute Gasteiger partial charge is 0.417 e. The van der Waals surface area contributed by atoms with Crippen LogP contribution in [-0.2, 0) is 6.18 Å². The molecule has 2 rings (SSSR count). The van der Waals surface area contributed by atoms with Crippen molar-refractivity contribution in [3.8, 4) is 11.1 Å². The van der Waals surface area contributed by atoms with Gasteiger partial charge in [0, 0.05) is 5.56 Å². The molecule has 1 aromatic heterocycles. The lowest BCUT2D eigenvalue weighted by Gasteiger charge is -2.11. The minimum absolute atomic E-state index is 0.00425. The third-order valence-corrected chi connectivity index (χ3v) is 2.54. The van der Waals surface area contributed by atoms with Crippen molar-refractivity contribution in [2.24, 2.45) is 0 Å². The first-order valence-corrected chi connectivity index (χ1v) is 5.19. The van der Waals surface area contributed by atoms with Crippen LogP contribution in [0.4, 0.5) is 13.2 Å². The molecule has 1 heterocycles. The van der Waals surface area contributed by atoms with Gasteiger partial charge in [-0.3, -0.25) is 0 Å². The van der Waals surface area contributed by atoms with E-state index in [1.54, 1.807) is 0 Å². The van der Waals surface area contributed by atoms with Crippen LogP contribution in [-0.4, -0.2) is 0 Å². The molecule has 1 nitrogen and oxygen atoms in total. The van der Waals surface area contributed by atoms with E-state index in [0.717, 1.165) is 6.07 Å². The second kappa shape index (κ2) is 4.27. The molecule has 1 aromatic carbocycles. The first-order valence-electron chi connectivity index (χ1n) is 4.43. The van der Waals surface area contributed by atoms with Gasteiger partial charge in [0.2, 0.25) is 10.4 Å². The summed E-state index contributed by atoms with van der Waals surface area (Å²) in [6.45, 7) is 0. The maximum atomic E-state index is 12.8. The van der Waals surface area contributed by atoms with E-state index in [9.17, 15) is 13.2 Å². The molecule has 89 valence electrons. The van der Waals surface area contributed by atoms with Crippen molar-refractivity contribution in [3.05, 3.63) is 46.3 Å². The largest absolute Gasteiger partial charge is 0.432 e. The van der Waals surface area contributed by atoms with Gasteiger partial charge in [-0.25, -0.2) is 0 Å². The molecule has 0 aliphatic rings.